The van der Waals surface area contributed by atoms with Crippen molar-refractivity contribution in [1.29, 1.82) is 0 Å². The van der Waals surface area contributed by atoms with E-state index in [1.807, 2.05) is 6.92 Å². The lowest BCUT2D eigenvalue weighted by molar-refractivity contribution is -0.640. The van der Waals surface area contributed by atoms with Gasteiger partial charge < -0.3 is 33.8 Å². The van der Waals surface area contributed by atoms with Gasteiger partial charge in [-0.2, -0.15) is 0 Å². The van der Waals surface area contributed by atoms with Crippen LogP contribution in [0.3, 0.4) is 0 Å². The van der Waals surface area contributed by atoms with Crippen molar-refractivity contribution in [2.45, 2.75) is 83.5 Å². The van der Waals surface area contributed by atoms with E-state index in [1.54, 1.807) is 0 Å². The summed E-state index contributed by atoms with van der Waals surface area (Å²) in [4.78, 5) is 9.04. The molecule has 0 aromatic carbocycles. The molecule has 0 saturated carbocycles. The first-order chi connectivity index (χ1) is 13.4. The zero-order chi connectivity index (χ0) is 20.7. The summed E-state index contributed by atoms with van der Waals surface area (Å²) in [6.45, 7) is 6.33. The second-order valence-electron chi connectivity index (χ2n) is 7.55. The van der Waals surface area contributed by atoms with Gasteiger partial charge in [0.05, 0.1) is 25.5 Å². The molecular weight excluding hydrogens is 387 g/mol. The Kier molecular flexibility index (Phi) is 13.8. The van der Waals surface area contributed by atoms with Crippen LogP contribution in [-0.4, -0.2) is 56.0 Å². The van der Waals surface area contributed by atoms with Gasteiger partial charge in [0.1, 0.15) is 6.61 Å². The van der Waals surface area contributed by atoms with Gasteiger partial charge in [-0.1, -0.05) is 45.4 Å². The van der Waals surface area contributed by atoms with Crippen LogP contribution < -0.4 is 5.26 Å². The Morgan fingerprint density at radius 3 is 2.50 bits per heavy atom. The van der Waals surface area contributed by atoms with Crippen molar-refractivity contribution < 1.29 is 38.3 Å². The largest absolute Gasteiger partial charge is 0.716 e. The minimum absolute atomic E-state index is 0.0292. The first-order valence-corrected chi connectivity index (χ1v) is 12.3. The highest BCUT2D eigenvalue weighted by Crippen LogP contribution is 2.39. The van der Waals surface area contributed by atoms with Gasteiger partial charge in [0.15, 0.2) is 5.79 Å². The quantitative estimate of drug-likeness (QED) is 0.164. The number of hydrogen-bond donors (Lipinski definition) is 1. The van der Waals surface area contributed by atoms with E-state index in [1.165, 1.54) is 38.5 Å². The molecule has 1 heterocycles. The molecule has 3 unspecified atom stereocenters. The summed E-state index contributed by atoms with van der Waals surface area (Å²) in [5.74, 6) is -0.858. The molecule has 9 heteroatoms. The molecule has 0 radical (unpaired) electrons. The van der Waals surface area contributed by atoms with Gasteiger partial charge in [0.2, 0.25) is 0 Å². The number of ether oxygens (including phenoxy) is 4. The summed E-state index contributed by atoms with van der Waals surface area (Å²) in [5.41, 5.74) is 0. The fourth-order valence-corrected chi connectivity index (χ4v) is 3.69. The summed E-state index contributed by atoms with van der Waals surface area (Å²) < 4.78 is 37.3. The summed E-state index contributed by atoms with van der Waals surface area (Å²) in [5, 5.41) is 10.0. The average molecular weight is 425 g/mol. The third kappa shape index (κ3) is 12.5. The van der Waals surface area contributed by atoms with E-state index in [2.05, 4.69) is 11.6 Å². The van der Waals surface area contributed by atoms with Crippen LogP contribution in [0.5, 0.6) is 0 Å². The molecule has 1 aliphatic rings. The van der Waals surface area contributed by atoms with E-state index < -0.39 is 13.4 Å². The van der Waals surface area contributed by atoms with Gasteiger partial charge in [-0.05, 0) is 26.2 Å². The Morgan fingerprint density at radius 2 is 1.79 bits per heavy atom. The Hall–Kier alpha value is -0.0500. The highest BCUT2D eigenvalue weighted by atomic mass is 31.2. The van der Waals surface area contributed by atoms with Crippen LogP contribution in [0, 0.1) is 0 Å². The zero-order valence-electron chi connectivity index (χ0n) is 17.4. The molecule has 8 nitrogen and oxygen atoms in total. The van der Waals surface area contributed by atoms with Crippen LogP contribution >= 0.6 is 7.60 Å². The molecular formula is C19H38O8P-. The summed E-state index contributed by atoms with van der Waals surface area (Å²) >= 11 is 0. The Morgan fingerprint density at radius 1 is 1.11 bits per heavy atom. The number of hydrogen-bond acceptors (Lipinski definition) is 7. The maximum atomic E-state index is 11.1. The van der Waals surface area contributed by atoms with Gasteiger partial charge in [0.25, 0.3) is 0 Å². The van der Waals surface area contributed by atoms with Crippen molar-refractivity contribution >= 4 is 7.60 Å². The molecule has 0 amide bonds. The number of rotatable bonds is 17. The van der Waals surface area contributed by atoms with Gasteiger partial charge in [-0.15, -0.1) is 0 Å². The maximum absolute atomic E-state index is 11.1. The molecule has 3 atom stereocenters. The fraction of sp³-hybridized carbons (Fsp3) is 1.00. The van der Waals surface area contributed by atoms with E-state index in [0.29, 0.717) is 13.2 Å². The second-order valence-corrected chi connectivity index (χ2v) is 9.42. The molecule has 168 valence electrons. The van der Waals surface area contributed by atoms with E-state index in [9.17, 15) is 9.82 Å². The smallest absolute Gasteiger partial charge is 0.319 e. The summed E-state index contributed by atoms with van der Waals surface area (Å²) in [6.07, 6.45) is 9.59. The average Bonchev–Trinajstić information content (AvgIpc) is 2.66. The minimum atomic E-state index is -4.02. The molecule has 1 N–H and O–H groups in total. The predicted molar refractivity (Wildman–Crippen MR) is 104 cm³/mol. The highest BCUT2D eigenvalue weighted by Gasteiger charge is 2.34. The first-order valence-electron chi connectivity index (χ1n) is 10.5. The predicted octanol–water partition coefficient (Wildman–Crippen LogP) is 3.16. The lowest BCUT2D eigenvalue weighted by Gasteiger charge is -2.38. The topological polar surface area (TPSA) is 107 Å². The number of unbranched alkanes of at least 4 members (excludes halogenated alkanes) is 6. The van der Waals surface area contributed by atoms with E-state index >= 15 is 0 Å². The van der Waals surface area contributed by atoms with Gasteiger partial charge in [-0.3, -0.25) is 4.57 Å². The van der Waals surface area contributed by atoms with Gasteiger partial charge >= 0.3 is 7.60 Å². The monoisotopic (exact) mass is 425 g/mol. The van der Waals surface area contributed by atoms with Crippen molar-refractivity contribution in [2.24, 2.45) is 0 Å². The SMILES string of the molecule is CCCCCCCCCOCC1CCOC(C)(COCCCP(=O)(O)O[O-])O1. The van der Waals surface area contributed by atoms with Crippen LogP contribution in [-0.2, 0) is 28.2 Å². The molecule has 0 spiro atoms. The van der Waals surface area contributed by atoms with E-state index in [4.69, 9.17) is 23.8 Å². The molecule has 1 aliphatic heterocycles. The van der Waals surface area contributed by atoms with E-state index in [0.717, 1.165) is 19.4 Å². The Labute approximate surface area is 169 Å². The van der Waals surface area contributed by atoms with Crippen molar-refractivity contribution in [3.63, 3.8) is 0 Å². The molecule has 1 fully saturated rings. The van der Waals surface area contributed by atoms with Gasteiger partial charge in [-0.25, -0.2) is 0 Å². The van der Waals surface area contributed by atoms with Crippen LogP contribution in [0.1, 0.15) is 71.6 Å². The Balaban J connectivity index is 2.08. The second kappa shape index (κ2) is 14.9. The standard InChI is InChI=1S/C19H39O8P/c1-3-4-5-6-7-8-9-12-23-16-18-11-14-25-19(2,26-18)17-24-13-10-15-28(21,22)27-20/h18,20H,3-17H2,1-2H3,(H,21,22)/p-1. The van der Waals surface area contributed by atoms with Crippen molar-refractivity contribution in [2.75, 3.05) is 39.2 Å². The molecule has 1 rings (SSSR count). The van der Waals surface area contributed by atoms with E-state index in [-0.39, 0.29) is 31.9 Å². The zero-order valence-corrected chi connectivity index (χ0v) is 18.3. The van der Waals surface area contributed by atoms with Crippen LogP contribution in [0.15, 0.2) is 0 Å². The lowest BCUT2D eigenvalue weighted by Crippen LogP contribution is -2.47. The third-order valence-electron chi connectivity index (χ3n) is 4.67. The molecule has 1 saturated heterocycles. The minimum Gasteiger partial charge on any atom is -0.716 e. The fourth-order valence-electron chi connectivity index (χ4n) is 3.08. The summed E-state index contributed by atoms with van der Waals surface area (Å²) in [6, 6.07) is 0. The van der Waals surface area contributed by atoms with Crippen LogP contribution in [0.25, 0.3) is 0 Å². The highest BCUT2D eigenvalue weighted by molar-refractivity contribution is 7.52. The maximum Gasteiger partial charge on any atom is 0.319 e. The van der Waals surface area contributed by atoms with Crippen molar-refractivity contribution in [1.82, 2.24) is 0 Å². The van der Waals surface area contributed by atoms with Crippen LogP contribution in [0.2, 0.25) is 0 Å². The summed E-state index contributed by atoms with van der Waals surface area (Å²) in [7, 11) is -4.02. The third-order valence-corrected chi connectivity index (χ3v) is 5.78. The first kappa shape index (κ1) is 26.0. The van der Waals surface area contributed by atoms with Crippen molar-refractivity contribution in [3.05, 3.63) is 0 Å². The van der Waals surface area contributed by atoms with Crippen molar-refractivity contribution in [3.8, 4) is 0 Å². The molecule has 0 bridgehead atoms. The molecule has 0 aromatic heterocycles. The normalized spacial score (nSPS) is 24.9. The molecule has 0 aromatic rings. The van der Waals surface area contributed by atoms with Crippen LogP contribution in [0.4, 0.5) is 0 Å². The lowest BCUT2D eigenvalue weighted by atomic mass is 10.1. The molecule has 28 heavy (non-hydrogen) atoms. The Bertz CT molecular complexity index is 436. The van der Waals surface area contributed by atoms with Gasteiger partial charge in [0, 0.05) is 13.2 Å². The molecule has 0 aliphatic carbocycles.